The van der Waals surface area contributed by atoms with Crippen LogP contribution in [0, 0.1) is 21.8 Å². The zero-order valence-corrected chi connectivity index (χ0v) is 14.1. The molecule has 0 aliphatic rings. The summed E-state index contributed by atoms with van der Waals surface area (Å²) < 4.78 is 1.37. The first-order valence-corrected chi connectivity index (χ1v) is 7.54. The van der Waals surface area contributed by atoms with Crippen LogP contribution in [0.25, 0.3) is 0 Å². The molecule has 17 heavy (non-hydrogen) atoms. The second kappa shape index (κ2) is 5.73. The Morgan fingerprint density at radius 3 is 2.18 bits per heavy atom. The van der Waals surface area contributed by atoms with Crippen LogP contribution in [0.4, 0.5) is 0 Å². The Balaban J connectivity index is 3.02. The maximum absolute atomic E-state index is 2.41. The van der Waals surface area contributed by atoms with Gasteiger partial charge in [0.25, 0.3) is 0 Å². The molecule has 1 rings (SSSR count). The molecule has 0 fully saturated rings. The molecule has 0 aliphatic heterocycles. The molecule has 0 amide bonds. The van der Waals surface area contributed by atoms with Gasteiger partial charge in [0, 0.05) is 3.57 Å². The van der Waals surface area contributed by atoms with E-state index < -0.39 is 0 Å². The van der Waals surface area contributed by atoms with Gasteiger partial charge in [0.15, 0.2) is 0 Å². The van der Waals surface area contributed by atoms with Gasteiger partial charge in [-0.05, 0) is 70.4 Å². The summed E-state index contributed by atoms with van der Waals surface area (Å²) in [6, 6.07) is 6.94. The standard InChI is InChI=1S/C16H25I/c1-11(2)14(10-16(4,5)6)13-7-8-15(17)12(3)9-13/h7-9,11,14H,10H2,1-6H3. The third-order valence-corrected chi connectivity index (χ3v) is 4.46. The van der Waals surface area contributed by atoms with E-state index in [0.29, 0.717) is 17.3 Å². The van der Waals surface area contributed by atoms with Crippen LogP contribution in [-0.4, -0.2) is 0 Å². The number of hydrogen-bond donors (Lipinski definition) is 0. The minimum Gasteiger partial charge on any atom is -0.0622 e. The summed E-state index contributed by atoms with van der Waals surface area (Å²) in [4.78, 5) is 0. The highest BCUT2D eigenvalue weighted by Gasteiger charge is 2.23. The predicted molar refractivity (Wildman–Crippen MR) is 85.5 cm³/mol. The van der Waals surface area contributed by atoms with Crippen molar-refractivity contribution < 1.29 is 0 Å². The fraction of sp³-hybridized carbons (Fsp3) is 0.625. The van der Waals surface area contributed by atoms with E-state index in [1.807, 2.05) is 0 Å². The van der Waals surface area contributed by atoms with Crippen molar-refractivity contribution in [2.45, 2.75) is 53.9 Å². The molecule has 0 radical (unpaired) electrons. The van der Waals surface area contributed by atoms with Gasteiger partial charge in [0.1, 0.15) is 0 Å². The van der Waals surface area contributed by atoms with Gasteiger partial charge in [0.2, 0.25) is 0 Å². The molecule has 1 unspecified atom stereocenters. The number of aryl methyl sites for hydroxylation is 1. The molecule has 0 saturated carbocycles. The molecule has 0 aromatic heterocycles. The Labute approximate surface area is 120 Å². The van der Waals surface area contributed by atoms with Gasteiger partial charge in [-0.15, -0.1) is 0 Å². The van der Waals surface area contributed by atoms with Crippen molar-refractivity contribution in [1.82, 2.24) is 0 Å². The summed E-state index contributed by atoms with van der Waals surface area (Å²) in [5.41, 5.74) is 3.31. The van der Waals surface area contributed by atoms with Crippen LogP contribution in [0.15, 0.2) is 18.2 Å². The Kier molecular flexibility index (Phi) is 5.06. The Bertz CT molecular complexity index is 372. The molecule has 1 aromatic carbocycles. The second-order valence-corrected chi connectivity index (χ2v) is 7.79. The lowest BCUT2D eigenvalue weighted by Crippen LogP contribution is -2.16. The van der Waals surface area contributed by atoms with Crippen LogP contribution in [0.5, 0.6) is 0 Å². The summed E-state index contributed by atoms with van der Waals surface area (Å²) in [6.07, 6.45) is 1.25. The van der Waals surface area contributed by atoms with Crippen molar-refractivity contribution in [3.63, 3.8) is 0 Å². The van der Waals surface area contributed by atoms with E-state index in [9.17, 15) is 0 Å². The zero-order chi connectivity index (χ0) is 13.2. The van der Waals surface area contributed by atoms with Crippen molar-refractivity contribution in [3.05, 3.63) is 32.9 Å². The largest absolute Gasteiger partial charge is 0.0622 e. The predicted octanol–water partition coefficient (Wildman–Crippen LogP) is 5.78. The molecule has 1 aromatic rings. The average Bonchev–Trinajstić information content (AvgIpc) is 2.17. The summed E-state index contributed by atoms with van der Waals surface area (Å²) in [5, 5.41) is 0. The minimum absolute atomic E-state index is 0.395. The quantitative estimate of drug-likeness (QED) is 0.610. The van der Waals surface area contributed by atoms with Crippen molar-refractivity contribution >= 4 is 22.6 Å². The molecule has 1 heteroatoms. The topological polar surface area (TPSA) is 0 Å². The van der Waals surface area contributed by atoms with Crippen molar-refractivity contribution in [2.24, 2.45) is 11.3 Å². The fourth-order valence-corrected chi connectivity index (χ4v) is 2.63. The first-order chi connectivity index (χ1) is 7.70. The lowest BCUT2D eigenvalue weighted by Gasteiger charge is -2.29. The highest BCUT2D eigenvalue weighted by molar-refractivity contribution is 14.1. The highest BCUT2D eigenvalue weighted by atomic mass is 127. The van der Waals surface area contributed by atoms with E-state index in [1.165, 1.54) is 21.1 Å². The Morgan fingerprint density at radius 1 is 1.18 bits per heavy atom. The molecular formula is C16H25I. The fourth-order valence-electron chi connectivity index (χ4n) is 2.30. The summed E-state index contributed by atoms with van der Waals surface area (Å²) in [7, 11) is 0. The van der Waals surface area contributed by atoms with Gasteiger partial charge >= 0.3 is 0 Å². The molecule has 0 N–H and O–H groups in total. The van der Waals surface area contributed by atoms with Crippen LogP contribution in [0.3, 0.4) is 0 Å². The third kappa shape index (κ3) is 4.61. The van der Waals surface area contributed by atoms with Crippen LogP contribution in [0.1, 0.15) is 58.1 Å². The van der Waals surface area contributed by atoms with Crippen molar-refractivity contribution in [3.8, 4) is 0 Å². The zero-order valence-electron chi connectivity index (χ0n) is 12.0. The maximum atomic E-state index is 2.41. The third-order valence-electron chi connectivity index (χ3n) is 3.25. The molecule has 0 aliphatic carbocycles. The number of benzene rings is 1. The SMILES string of the molecule is Cc1cc(C(CC(C)(C)C)C(C)C)ccc1I. The Hall–Kier alpha value is -0.0500. The Morgan fingerprint density at radius 2 is 1.76 bits per heavy atom. The minimum atomic E-state index is 0.395. The van der Waals surface area contributed by atoms with E-state index in [0.717, 1.165) is 0 Å². The van der Waals surface area contributed by atoms with Crippen LogP contribution >= 0.6 is 22.6 Å². The van der Waals surface area contributed by atoms with Gasteiger partial charge in [-0.3, -0.25) is 0 Å². The first-order valence-electron chi connectivity index (χ1n) is 6.47. The van der Waals surface area contributed by atoms with Crippen molar-refractivity contribution in [1.29, 1.82) is 0 Å². The average molecular weight is 344 g/mol. The number of rotatable bonds is 3. The van der Waals surface area contributed by atoms with Crippen LogP contribution in [-0.2, 0) is 0 Å². The number of halogens is 1. The lowest BCUT2D eigenvalue weighted by atomic mass is 9.76. The van der Waals surface area contributed by atoms with E-state index in [4.69, 9.17) is 0 Å². The van der Waals surface area contributed by atoms with Crippen LogP contribution in [0.2, 0.25) is 0 Å². The summed E-state index contributed by atoms with van der Waals surface area (Å²) in [6.45, 7) is 13.9. The maximum Gasteiger partial charge on any atom is 0.0159 e. The molecule has 1 atom stereocenters. The molecule has 0 bridgehead atoms. The van der Waals surface area contributed by atoms with E-state index >= 15 is 0 Å². The normalized spacial score (nSPS) is 14.1. The molecule has 0 saturated heterocycles. The molecular weight excluding hydrogens is 319 g/mol. The first kappa shape index (κ1) is 15.0. The van der Waals surface area contributed by atoms with Gasteiger partial charge < -0.3 is 0 Å². The molecule has 0 heterocycles. The molecule has 0 nitrogen and oxygen atoms in total. The molecule has 0 spiro atoms. The van der Waals surface area contributed by atoms with E-state index in [-0.39, 0.29) is 0 Å². The van der Waals surface area contributed by atoms with E-state index in [1.54, 1.807) is 0 Å². The van der Waals surface area contributed by atoms with E-state index in [2.05, 4.69) is 82.3 Å². The van der Waals surface area contributed by atoms with Crippen molar-refractivity contribution in [2.75, 3.05) is 0 Å². The summed E-state index contributed by atoms with van der Waals surface area (Å²) >= 11 is 2.41. The second-order valence-electron chi connectivity index (χ2n) is 6.62. The lowest BCUT2D eigenvalue weighted by molar-refractivity contribution is 0.301. The molecule has 96 valence electrons. The monoisotopic (exact) mass is 344 g/mol. The smallest absolute Gasteiger partial charge is 0.0159 e. The number of hydrogen-bond acceptors (Lipinski definition) is 0. The van der Waals surface area contributed by atoms with Gasteiger partial charge in [-0.2, -0.15) is 0 Å². The van der Waals surface area contributed by atoms with Gasteiger partial charge in [-0.25, -0.2) is 0 Å². The van der Waals surface area contributed by atoms with Crippen LogP contribution < -0.4 is 0 Å². The van der Waals surface area contributed by atoms with Gasteiger partial charge in [0.05, 0.1) is 0 Å². The van der Waals surface area contributed by atoms with Gasteiger partial charge in [-0.1, -0.05) is 46.8 Å². The summed E-state index contributed by atoms with van der Waals surface area (Å²) in [5.74, 6) is 1.37. The highest BCUT2D eigenvalue weighted by Crippen LogP contribution is 2.36.